The molecule has 1 saturated heterocycles. The first-order chi connectivity index (χ1) is 13.6. The molecule has 144 valence electrons. The highest BCUT2D eigenvalue weighted by Gasteiger charge is 2.43. The highest BCUT2D eigenvalue weighted by atomic mass is 32.1. The van der Waals surface area contributed by atoms with Crippen LogP contribution in [0.4, 0.5) is 11.4 Å². The molecule has 3 amide bonds. The van der Waals surface area contributed by atoms with Crippen molar-refractivity contribution in [1.82, 2.24) is 4.90 Å². The highest BCUT2D eigenvalue weighted by Crippen LogP contribution is 2.36. The number of amides is 3. The number of rotatable bonds is 4. The fraction of sp³-hybridized carbons (Fsp3) is 0.250. The smallest absolute Gasteiger partial charge is 0.282 e. The molecule has 0 bridgehead atoms. The van der Waals surface area contributed by atoms with E-state index >= 15 is 0 Å². The van der Waals surface area contributed by atoms with Gasteiger partial charge in [-0.1, -0.05) is 6.07 Å². The van der Waals surface area contributed by atoms with Crippen molar-refractivity contribution in [2.45, 2.75) is 6.92 Å². The topological polar surface area (TPSA) is 79.0 Å². The number of hydrogen-bond donors (Lipinski definition) is 1. The molecule has 0 aliphatic carbocycles. The van der Waals surface area contributed by atoms with Crippen LogP contribution in [0.25, 0.3) is 5.57 Å². The third kappa shape index (κ3) is 3.32. The number of imide groups is 1. The lowest BCUT2D eigenvalue weighted by Gasteiger charge is -2.29. The Morgan fingerprint density at radius 1 is 1.07 bits per heavy atom. The van der Waals surface area contributed by atoms with Crippen LogP contribution >= 0.6 is 11.3 Å². The van der Waals surface area contributed by atoms with Crippen LogP contribution in [0.2, 0.25) is 0 Å². The number of morpholine rings is 1. The van der Waals surface area contributed by atoms with Gasteiger partial charge in [0.05, 0.1) is 24.5 Å². The molecule has 3 heterocycles. The zero-order valence-electron chi connectivity index (χ0n) is 15.3. The summed E-state index contributed by atoms with van der Waals surface area (Å²) >= 11 is 1.44. The first-order valence-electron chi connectivity index (χ1n) is 8.93. The average Bonchev–Trinajstić information content (AvgIpc) is 3.29. The van der Waals surface area contributed by atoms with Crippen molar-refractivity contribution >= 4 is 46.0 Å². The van der Waals surface area contributed by atoms with Gasteiger partial charge < -0.3 is 15.0 Å². The van der Waals surface area contributed by atoms with Crippen LogP contribution in [0.1, 0.15) is 11.8 Å². The maximum Gasteiger partial charge on any atom is 0.282 e. The summed E-state index contributed by atoms with van der Waals surface area (Å²) in [6, 6.07) is 10.4. The van der Waals surface area contributed by atoms with Gasteiger partial charge >= 0.3 is 0 Å². The summed E-state index contributed by atoms with van der Waals surface area (Å²) < 4.78 is 5.40. The molecule has 1 aromatic carbocycles. The monoisotopic (exact) mass is 397 g/mol. The number of hydrogen-bond acceptors (Lipinski definition) is 6. The fourth-order valence-corrected chi connectivity index (χ4v) is 4.14. The second kappa shape index (κ2) is 7.57. The lowest BCUT2D eigenvalue weighted by atomic mass is 10.1. The number of anilines is 2. The van der Waals surface area contributed by atoms with Crippen LogP contribution in [0.5, 0.6) is 0 Å². The van der Waals surface area contributed by atoms with Crippen LogP contribution in [-0.2, 0) is 19.1 Å². The number of nitrogens with one attached hydrogen (secondary N) is 1. The Hall–Kier alpha value is -2.97. The molecule has 1 N–H and O–H groups in total. The zero-order valence-corrected chi connectivity index (χ0v) is 16.1. The molecule has 0 saturated carbocycles. The normalized spacial score (nSPS) is 17.5. The molecule has 8 heteroatoms. The first-order valence-corrected chi connectivity index (χ1v) is 9.81. The minimum atomic E-state index is -0.332. The second-order valence-corrected chi connectivity index (χ2v) is 7.42. The molecule has 1 aromatic heterocycles. The van der Waals surface area contributed by atoms with E-state index in [1.807, 2.05) is 22.4 Å². The number of carbonyl (C=O) groups excluding carboxylic acids is 3. The molecule has 7 nitrogen and oxygen atoms in total. The summed E-state index contributed by atoms with van der Waals surface area (Å²) in [4.78, 5) is 41.7. The quantitative estimate of drug-likeness (QED) is 0.801. The maximum absolute atomic E-state index is 13.3. The fourth-order valence-electron chi connectivity index (χ4n) is 3.37. The molecule has 0 radical (unpaired) electrons. The SMILES string of the molecule is CC(=O)Nc1ccc(N2C(=O)C(c3cccs3)=C(N3CCOCC3)C2=O)cc1. The second-order valence-electron chi connectivity index (χ2n) is 6.47. The third-order valence-electron chi connectivity index (χ3n) is 4.60. The van der Waals surface area contributed by atoms with Crippen molar-refractivity contribution in [2.75, 3.05) is 36.5 Å². The lowest BCUT2D eigenvalue weighted by molar-refractivity contribution is -0.121. The summed E-state index contributed by atoms with van der Waals surface area (Å²) in [7, 11) is 0. The molecular weight excluding hydrogens is 378 g/mol. The van der Waals surface area contributed by atoms with Crippen molar-refractivity contribution in [3.63, 3.8) is 0 Å². The predicted octanol–water partition coefficient (Wildman–Crippen LogP) is 2.32. The van der Waals surface area contributed by atoms with Gasteiger partial charge in [-0.25, -0.2) is 4.90 Å². The number of ether oxygens (including phenoxy) is 1. The standard InChI is InChI=1S/C20H19N3O4S/c1-13(24)21-14-4-6-15(7-5-14)23-19(25)17(16-3-2-12-28-16)18(20(23)26)22-8-10-27-11-9-22/h2-7,12H,8-11H2,1H3,(H,21,24). The summed E-state index contributed by atoms with van der Waals surface area (Å²) in [6.45, 7) is 3.60. The molecule has 28 heavy (non-hydrogen) atoms. The summed E-state index contributed by atoms with van der Waals surface area (Å²) in [6.07, 6.45) is 0. The van der Waals surface area contributed by atoms with E-state index in [2.05, 4.69) is 5.32 Å². The van der Waals surface area contributed by atoms with Gasteiger partial charge in [0.15, 0.2) is 0 Å². The van der Waals surface area contributed by atoms with E-state index in [0.717, 1.165) is 4.88 Å². The first kappa shape index (κ1) is 18.4. The van der Waals surface area contributed by atoms with E-state index < -0.39 is 0 Å². The molecule has 0 spiro atoms. The van der Waals surface area contributed by atoms with E-state index in [4.69, 9.17) is 4.74 Å². The lowest BCUT2D eigenvalue weighted by Crippen LogP contribution is -2.40. The molecule has 1 fully saturated rings. The average molecular weight is 397 g/mol. The summed E-state index contributed by atoms with van der Waals surface area (Å²) in [5.74, 6) is -0.846. The Balaban J connectivity index is 1.71. The van der Waals surface area contributed by atoms with E-state index in [-0.39, 0.29) is 17.7 Å². The summed E-state index contributed by atoms with van der Waals surface area (Å²) in [5.41, 5.74) is 1.95. The van der Waals surface area contributed by atoms with Crippen LogP contribution in [0, 0.1) is 0 Å². The van der Waals surface area contributed by atoms with E-state index in [0.29, 0.717) is 48.9 Å². The van der Waals surface area contributed by atoms with Gasteiger partial charge in [0.2, 0.25) is 5.91 Å². The van der Waals surface area contributed by atoms with E-state index in [1.54, 1.807) is 24.3 Å². The molecule has 2 aromatic rings. The minimum Gasteiger partial charge on any atom is -0.378 e. The van der Waals surface area contributed by atoms with Crippen LogP contribution in [0.3, 0.4) is 0 Å². The van der Waals surface area contributed by atoms with Gasteiger partial charge in [-0.2, -0.15) is 0 Å². The van der Waals surface area contributed by atoms with Crippen molar-refractivity contribution in [1.29, 1.82) is 0 Å². The van der Waals surface area contributed by atoms with Crippen LogP contribution in [0.15, 0.2) is 47.5 Å². The minimum absolute atomic E-state index is 0.183. The van der Waals surface area contributed by atoms with E-state index in [1.165, 1.54) is 23.2 Å². The maximum atomic E-state index is 13.3. The molecule has 4 rings (SSSR count). The number of carbonyl (C=O) groups is 3. The Bertz CT molecular complexity index is 944. The van der Waals surface area contributed by atoms with Gasteiger partial charge in [-0.15, -0.1) is 11.3 Å². The van der Waals surface area contributed by atoms with Crippen molar-refractivity contribution in [3.05, 3.63) is 52.4 Å². The van der Waals surface area contributed by atoms with Gasteiger partial charge in [0.25, 0.3) is 11.8 Å². The highest BCUT2D eigenvalue weighted by molar-refractivity contribution is 7.11. The van der Waals surface area contributed by atoms with Crippen molar-refractivity contribution in [3.8, 4) is 0 Å². The number of nitrogens with zero attached hydrogens (tertiary/aromatic N) is 2. The van der Waals surface area contributed by atoms with Crippen LogP contribution in [-0.4, -0.2) is 48.9 Å². The summed E-state index contributed by atoms with van der Waals surface area (Å²) in [5, 5.41) is 4.57. The van der Waals surface area contributed by atoms with E-state index in [9.17, 15) is 14.4 Å². The predicted molar refractivity (Wildman–Crippen MR) is 107 cm³/mol. The largest absolute Gasteiger partial charge is 0.378 e. The Labute approximate surface area is 166 Å². The molecule has 0 unspecified atom stereocenters. The number of thiophene rings is 1. The van der Waals surface area contributed by atoms with Crippen molar-refractivity contribution < 1.29 is 19.1 Å². The Morgan fingerprint density at radius 2 is 1.79 bits per heavy atom. The molecule has 2 aliphatic heterocycles. The molecular formula is C20H19N3O4S. The number of benzene rings is 1. The molecule has 0 atom stereocenters. The van der Waals surface area contributed by atoms with Gasteiger partial charge in [-0.05, 0) is 35.7 Å². The van der Waals surface area contributed by atoms with Gasteiger partial charge in [0, 0.05) is 30.6 Å². The third-order valence-corrected chi connectivity index (χ3v) is 5.49. The zero-order chi connectivity index (χ0) is 19.7. The Morgan fingerprint density at radius 3 is 2.39 bits per heavy atom. The Kier molecular flexibility index (Phi) is 4.97. The van der Waals surface area contributed by atoms with Gasteiger partial charge in [-0.3, -0.25) is 14.4 Å². The van der Waals surface area contributed by atoms with Crippen molar-refractivity contribution in [2.24, 2.45) is 0 Å². The molecule has 2 aliphatic rings. The van der Waals surface area contributed by atoms with Crippen LogP contribution < -0.4 is 10.2 Å². The van der Waals surface area contributed by atoms with Gasteiger partial charge in [0.1, 0.15) is 5.70 Å².